The number of carbonyl (C=O) groups is 1. The molecule has 1 amide bonds. The molecule has 1 fully saturated rings. The molecule has 1 saturated carbocycles. The second-order valence-electron chi connectivity index (χ2n) is 5.15. The first-order valence-corrected chi connectivity index (χ1v) is 6.95. The molecule has 19 heavy (non-hydrogen) atoms. The molecule has 2 rings (SSSR count). The lowest BCUT2D eigenvalue weighted by molar-refractivity contribution is -0.128. The highest BCUT2D eigenvalue weighted by Crippen LogP contribution is 2.34. The Kier molecular flexibility index (Phi) is 4.56. The van der Waals surface area contributed by atoms with Gasteiger partial charge < -0.3 is 10.3 Å². The van der Waals surface area contributed by atoms with Gasteiger partial charge in [0.05, 0.1) is 6.07 Å². The number of hydrogen-bond acceptors (Lipinski definition) is 3. The van der Waals surface area contributed by atoms with E-state index < -0.39 is 5.41 Å². The zero-order valence-corrected chi connectivity index (χ0v) is 11.1. The van der Waals surface area contributed by atoms with Crippen molar-refractivity contribution in [2.75, 3.05) is 6.54 Å². The topological polar surface area (TPSA) is 81.6 Å². The summed E-state index contributed by atoms with van der Waals surface area (Å²) in [5.74, 6) is 0.746. The SMILES string of the molecule is N#CC1(C(=O)NCCc2ncc[nH]2)CCCCCC1. The summed E-state index contributed by atoms with van der Waals surface area (Å²) < 4.78 is 0. The van der Waals surface area contributed by atoms with Gasteiger partial charge in [0.2, 0.25) is 5.91 Å². The van der Waals surface area contributed by atoms with Gasteiger partial charge in [0.15, 0.2) is 0 Å². The summed E-state index contributed by atoms with van der Waals surface area (Å²) in [4.78, 5) is 19.4. The molecule has 0 aliphatic heterocycles. The number of imidazole rings is 1. The number of H-pyrrole nitrogens is 1. The average molecular weight is 260 g/mol. The highest BCUT2D eigenvalue weighted by atomic mass is 16.2. The molecule has 5 nitrogen and oxygen atoms in total. The van der Waals surface area contributed by atoms with Crippen LogP contribution in [-0.2, 0) is 11.2 Å². The van der Waals surface area contributed by atoms with Crippen LogP contribution in [0, 0.1) is 16.7 Å². The molecular formula is C14H20N4O. The minimum Gasteiger partial charge on any atom is -0.354 e. The number of hydrogen-bond donors (Lipinski definition) is 2. The fourth-order valence-electron chi connectivity index (χ4n) is 2.62. The molecule has 1 heterocycles. The van der Waals surface area contributed by atoms with E-state index in [9.17, 15) is 10.1 Å². The molecule has 0 bridgehead atoms. The Bertz CT molecular complexity index is 439. The molecule has 1 aromatic rings. The highest BCUT2D eigenvalue weighted by molar-refractivity contribution is 5.85. The second kappa shape index (κ2) is 6.37. The molecule has 0 atom stereocenters. The van der Waals surface area contributed by atoms with E-state index in [2.05, 4.69) is 21.4 Å². The van der Waals surface area contributed by atoms with Gasteiger partial charge in [-0.1, -0.05) is 25.7 Å². The quantitative estimate of drug-likeness (QED) is 0.812. The third-order valence-corrected chi connectivity index (χ3v) is 3.81. The smallest absolute Gasteiger partial charge is 0.240 e. The third kappa shape index (κ3) is 3.34. The maximum absolute atomic E-state index is 12.3. The number of carbonyl (C=O) groups excluding carboxylic acids is 1. The Labute approximate surface area is 113 Å². The van der Waals surface area contributed by atoms with Gasteiger partial charge in [-0.25, -0.2) is 4.98 Å². The van der Waals surface area contributed by atoms with Crippen LogP contribution < -0.4 is 5.32 Å². The number of amides is 1. The van der Waals surface area contributed by atoms with E-state index >= 15 is 0 Å². The first-order valence-electron chi connectivity index (χ1n) is 6.95. The van der Waals surface area contributed by atoms with Crippen molar-refractivity contribution in [2.24, 2.45) is 5.41 Å². The summed E-state index contributed by atoms with van der Waals surface area (Å²) in [6.45, 7) is 0.524. The van der Waals surface area contributed by atoms with Crippen molar-refractivity contribution in [1.82, 2.24) is 15.3 Å². The van der Waals surface area contributed by atoms with E-state index in [4.69, 9.17) is 0 Å². The van der Waals surface area contributed by atoms with Crippen LogP contribution in [0.25, 0.3) is 0 Å². The predicted molar refractivity (Wildman–Crippen MR) is 71.0 cm³/mol. The largest absolute Gasteiger partial charge is 0.354 e. The number of aromatic nitrogens is 2. The normalized spacial score (nSPS) is 18.3. The maximum Gasteiger partial charge on any atom is 0.240 e. The Morgan fingerprint density at radius 1 is 1.42 bits per heavy atom. The molecule has 0 saturated heterocycles. The van der Waals surface area contributed by atoms with Crippen molar-refractivity contribution >= 4 is 5.91 Å². The fraction of sp³-hybridized carbons (Fsp3) is 0.643. The lowest BCUT2D eigenvalue weighted by Crippen LogP contribution is -2.40. The van der Waals surface area contributed by atoms with Crippen molar-refractivity contribution in [3.63, 3.8) is 0 Å². The average Bonchev–Trinajstić information content (AvgIpc) is 2.82. The van der Waals surface area contributed by atoms with E-state index in [1.807, 2.05) is 0 Å². The Hall–Kier alpha value is -1.83. The molecule has 0 spiro atoms. The highest BCUT2D eigenvalue weighted by Gasteiger charge is 2.38. The van der Waals surface area contributed by atoms with Crippen molar-refractivity contribution in [1.29, 1.82) is 5.26 Å². The summed E-state index contributed by atoms with van der Waals surface area (Å²) in [5, 5.41) is 12.3. The van der Waals surface area contributed by atoms with Crippen molar-refractivity contribution in [3.8, 4) is 6.07 Å². The van der Waals surface area contributed by atoms with Gasteiger partial charge in [-0.05, 0) is 12.8 Å². The van der Waals surface area contributed by atoms with E-state index in [0.717, 1.165) is 31.5 Å². The summed E-state index contributed by atoms with van der Waals surface area (Å²) >= 11 is 0. The van der Waals surface area contributed by atoms with Crippen LogP contribution in [0.4, 0.5) is 0 Å². The fourth-order valence-corrected chi connectivity index (χ4v) is 2.62. The predicted octanol–water partition coefficient (Wildman–Crippen LogP) is 1.93. The van der Waals surface area contributed by atoms with E-state index in [-0.39, 0.29) is 5.91 Å². The maximum atomic E-state index is 12.3. The van der Waals surface area contributed by atoms with Gasteiger partial charge in [-0.2, -0.15) is 5.26 Å². The lowest BCUT2D eigenvalue weighted by Gasteiger charge is -2.23. The number of nitriles is 1. The van der Waals surface area contributed by atoms with Gasteiger partial charge in [-0.15, -0.1) is 0 Å². The van der Waals surface area contributed by atoms with Crippen LogP contribution in [0.1, 0.15) is 44.3 Å². The standard InChI is InChI=1S/C14H20N4O/c15-11-14(6-3-1-2-4-7-14)13(19)18-8-5-12-16-9-10-17-12/h9-10H,1-8H2,(H,16,17)(H,18,19). The van der Waals surface area contributed by atoms with Crippen LogP contribution in [0.5, 0.6) is 0 Å². The van der Waals surface area contributed by atoms with Crippen LogP contribution in [0.3, 0.4) is 0 Å². The van der Waals surface area contributed by atoms with Crippen molar-refractivity contribution in [3.05, 3.63) is 18.2 Å². The zero-order chi connectivity index (χ0) is 13.6. The lowest BCUT2D eigenvalue weighted by atomic mass is 9.81. The Morgan fingerprint density at radius 3 is 2.74 bits per heavy atom. The molecule has 2 N–H and O–H groups in total. The molecule has 0 radical (unpaired) electrons. The van der Waals surface area contributed by atoms with Gasteiger partial charge >= 0.3 is 0 Å². The van der Waals surface area contributed by atoms with Crippen molar-refractivity contribution < 1.29 is 4.79 Å². The Morgan fingerprint density at radius 2 is 2.16 bits per heavy atom. The van der Waals surface area contributed by atoms with Gasteiger partial charge in [-0.3, -0.25) is 4.79 Å². The number of nitrogens with zero attached hydrogens (tertiary/aromatic N) is 2. The van der Waals surface area contributed by atoms with Crippen LogP contribution in [0.15, 0.2) is 12.4 Å². The van der Waals surface area contributed by atoms with E-state index in [1.165, 1.54) is 0 Å². The van der Waals surface area contributed by atoms with Gasteiger partial charge in [0.25, 0.3) is 0 Å². The summed E-state index contributed by atoms with van der Waals surface area (Å²) in [6.07, 6.45) is 9.70. The minimum absolute atomic E-state index is 0.108. The summed E-state index contributed by atoms with van der Waals surface area (Å²) in [5.41, 5.74) is -0.806. The minimum atomic E-state index is -0.806. The molecule has 0 unspecified atom stereocenters. The molecule has 0 aromatic carbocycles. The molecule has 5 heteroatoms. The summed E-state index contributed by atoms with van der Waals surface area (Å²) in [7, 11) is 0. The Balaban J connectivity index is 1.87. The first kappa shape index (κ1) is 13.6. The van der Waals surface area contributed by atoms with E-state index in [1.54, 1.807) is 12.4 Å². The van der Waals surface area contributed by atoms with E-state index in [0.29, 0.717) is 25.8 Å². The van der Waals surface area contributed by atoms with Gasteiger partial charge in [0.1, 0.15) is 11.2 Å². The molecule has 1 aromatic heterocycles. The second-order valence-corrected chi connectivity index (χ2v) is 5.15. The molecule has 1 aliphatic carbocycles. The number of nitrogens with one attached hydrogen (secondary N) is 2. The van der Waals surface area contributed by atoms with Gasteiger partial charge in [0, 0.05) is 25.4 Å². The van der Waals surface area contributed by atoms with Crippen LogP contribution in [-0.4, -0.2) is 22.4 Å². The summed E-state index contributed by atoms with van der Waals surface area (Å²) in [6, 6.07) is 2.27. The third-order valence-electron chi connectivity index (χ3n) is 3.81. The monoisotopic (exact) mass is 260 g/mol. The van der Waals surface area contributed by atoms with Crippen molar-refractivity contribution in [2.45, 2.75) is 44.9 Å². The molecule has 1 aliphatic rings. The molecule has 102 valence electrons. The van der Waals surface area contributed by atoms with Crippen LogP contribution >= 0.6 is 0 Å². The van der Waals surface area contributed by atoms with Crippen LogP contribution in [0.2, 0.25) is 0 Å². The zero-order valence-electron chi connectivity index (χ0n) is 11.1. The number of aromatic amines is 1. The first-order chi connectivity index (χ1) is 9.27. The molecular weight excluding hydrogens is 240 g/mol. The number of rotatable bonds is 4.